The van der Waals surface area contributed by atoms with Gasteiger partial charge in [-0.2, -0.15) is 0 Å². The van der Waals surface area contributed by atoms with Crippen LogP contribution in [0.15, 0.2) is 28.0 Å². The average molecular weight is 275 g/mol. The number of benzene rings is 1. The van der Waals surface area contributed by atoms with Crippen LogP contribution in [0.5, 0.6) is 0 Å². The number of aromatic nitrogens is 1. The van der Waals surface area contributed by atoms with E-state index in [0.29, 0.717) is 10.7 Å². The van der Waals surface area contributed by atoms with Gasteiger partial charge in [-0.1, -0.05) is 25.4 Å². The van der Waals surface area contributed by atoms with Crippen molar-refractivity contribution in [2.24, 2.45) is 4.99 Å². The van der Waals surface area contributed by atoms with Crippen molar-refractivity contribution in [3.05, 3.63) is 39.1 Å². The molecular formula is C15H15ClN2O. The van der Waals surface area contributed by atoms with E-state index in [1.807, 2.05) is 18.3 Å². The minimum atomic E-state index is -0.125. The Bertz CT molecular complexity index is 748. The predicted octanol–water partition coefficient (Wildman–Crippen LogP) is 3.96. The van der Waals surface area contributed by atoms with Crippen LogP contribution in [0, 0.1) is 0 Å². The lowest BCUT2D eigenvalue weighted by atomic mass is 9.74. The number of aliphatic imine (C=N–C) groups is 1. The highest BCUT2D eigenvalue weighted by molar-refractivity contribution is 6.31. The van der Waals surface area contributed by atoms with E-state index >= 15 is 0 Å². The number of nitrogens with one attached hydrogen (secondary N) is 1. The zero-order valence-electron chi connectivity index (χ0n) is 11.0. The second-order valence-electron chi connectivity index (χ2n) is 5.30. The molecule has 3 nitrogen and oxygen atoms in total. The fourth-order valence-electron chi connectivity index (χ4n) is 2.75. The lowest BCUT2D eigenvalue weighted by molar-refractivity contribution is 0.477. The van der Waals surface area contributed by atoms with Crippen molar-refractivity contribution in [2.45, 2.75) is 32.1 Å². The number of hydrogen-bond donors (Lipinski definition) is 1. The highest BCUT2D eigenvalue weighted by Crippen LogP contribution is 2.42. The van der Waals surface area contributed by atoms with Crippen LogP contribution in [0.1, 0.15) is 32.3 Å². The van der Waals surface area contributed by atoms with Crippen molar-refractivity contribution < 1.29 is 0 Å². The van der Waals surface area contributed by atoms with Gasteiger partial charge in [0.05, 0.1) is 0 Å². The van der Waals surface area contributed by atoms with Gasteiger partial charge in [0.2, 0.25) is 0 Å². The van der Waals surface area contributed by atoms with Gasteiger partial charge in [-0.3, -0.25) is 9.79 Å². The molecule has 4 heteroatoms. The number of hydrogen-bond acceptors (Lipinski definition) is 2. The zero-order valence-corrected chi connectivity index (χ0v) is 11.7. The summed E-state index contributed by atoms with van der Waals surface area (Å²) >= 11 is 6.11. The molecule has 1 aliphatic heterocycles. The van der Waals surface area contributed by atoms with E-state index in [4.69, 9.17) is 11.6 Å². The number of aromatic amines is 1. The second-order valence-corrected chi connectivity index (χ2v) is 5.73. The first-order valence-electron chi connectivity index (χ1n) is 6.44. The van der Waals surface area contributed by atoms with Crippen molar-refractivity contribution in [2.75, 3.05) is 0 Å². The van der Waals surface area contributed by atoms with E-state index < -0.39 is 0 Å². The first kappa shape index (κ1) is 12.4. The van der Waals surface area contributed by atoms with Gasteiger partial charge in [-0.25, -0.2) is 0 Å². The molecule has 1 aromatic carbocycles. The maximum atomic E-state index is 12.2. The second kappa shape index (κ2) is 4.20. The van der Waals surface area contributed by atoms with Crippen LogP contribution in [0.2, 0.25) is 5.02 Å². The molecular weight excluding hydrogens is 260 g/mol. The molecule has 0 spiro atoms. The Morgan fingerprint density at radius 1 is 1.47 bits per heavy atom. The van der Waals surface area contributed by atoms with Gasteiger partial charge in [0, 0.05) is 27.6 Å². The molecule has 1 unspecified atom stereocenters. The first-order valence-corrected chi connectivity index (χ1v) is 6.81. The van der Waals surface area contributed by atoms with Gasteiger partial charge in [-0.05, 0) is 36.6 Å². The molecule has 0 bridgehead atoms. The molecule has 0 radical (unpaired) electrons. The highest BCUT2D eigenvalue weighted by Gasteiger charge is 2.32. The number of fused-ring (bicyclic) bond motifs is 3. The van der Waals surface area contributed by atoms with Gasteiger partial charge in [-0.15, -0.1) is 0 Å². The predicted molar refractivity (Wildman–Crippen MR) is 80.0 cm³/mol. The fourth-order valence-corrected chi connectivity index (χ4v) is 2.92. The Hall–Kier alpha value is -1.61. The molecule has 2 aromatic rings. The first-order chi connectivity index (χ1) is 9.05. The number of rotatable bonds is 1. The van der Waals surface area contributed by atoms with Crippen molar-refractivity contribution in [3.8, 4) is 0 Å². The van der Waals surface area contributed by atoms with Crippen molar-refractivity contribution in [1.82, 2.24) is 4.98 Å². The largest absolute Gasteiger partial charge is 0.320 e. The monoisotopic (exact) mass is 274 g/mol. The molecule has 3 rings (SSSR count). The molecule has 0 fully saturated rings. The SMILES string of the molecule is CCC1(C)CC=Nc2c1c1cc(Cl)ccc1[nH]c2=O. The van der Waals surface area contributed by atoms with Crippen LogP contribution < -0.4 is 5.56 Å². The Labute approximate surface area is 116 Å². The summed E-state index contributed by atoms with van der Waals surface area (Å²) in [5.41, 5.74) is 2.20. The molecule has 1 N–H and O–H groups in total. The Balaban J connectivity index is 2.51. The molecule has 0 amide bonds. The summed E-state index contributed by atoms with van der Waals surface area (Å²) in [6, 6.07) is 5.57. The third-order valence-corrected chi connectivity index (χ3v) is 4.33. The smallest absolute Gasteiger partial charge is 0.274 e. The standard InChI is InChI=1S/C15H15ClN2O/c1-3-15(2)6-7-17-13-12(15)10-8-9(16)4-5-11(10)18-14(13)19/h4-5,7-8H,3,6H2,1-2H3,(H,18,19). The topological polar surface area (TPSA) is 45.2 Å². The van der Waals surface area contributed by atoms with Gasteiger partial charge in [0.15, 0.2) is 0 Å². The minimum absolute atomic E-state index is 0.0612. The molecule has 0 aliphatic carbocycles. The summed E-state index contributed by atoms with van der Waals surface area (Å²) in [7, 11) is 0. The summed E-state index contributed by atoms with van der Waals surface area (Å²) in [6.07, 6.45) is 3.65. The maximum Gasteiger partial charge on any atom is 0.274 e. The Kier molecular flexibility index (Phi) is 2.75. The summed E-state index contributed by atoms with van der Waals surface area (Å²) in [5, 5.41) is 1.68. The maximum absolute atomic E-state index is 12.2. The number of nitrogens with zero attached hydrogens (tertiary/aromatic N) is 1. The van der Waals surface area contributed by atoms with Gasteiger partial charge < -0.3 is 4.98 Å². The van der Waals surface area contributed by atoms with Crippen molar-refractivity contribution >= 4 is 34.4 Å². The molecule has 0 saturated carbocycles. The third kappa shape index (κ3) is 1.80. The van der Waals surface area contributed by atoms with Crippen molar-refractivity contribution in [1.29, 1.82) is 0 Å². The van der Waals surface area contributed by atoms with Crippen LogP contribution in [-0.4, -0.2) is 11.2 Å². The fraction of sp³-hybridized carbons (Fsp3) is 0.333. The van der Waals surface area contributed by atoms with Gasteiger partial charge in [0.1, 0.15) is 5.69 Å². The van der Waals surface area contributed by atoms with Crippen LogP contribution in [0.25, 0.3) is 10.9 Å². The van der Waals surface area contributed by atoms with Crippen molar-refractivity contribution in [3.63, 3.8) is 0 Å². The molecule has 0 saturated heterocycles. The zero-order chi connectivity index (χ0) is 13.6. The molecule has 1 aromatic heterocycles. The summed E-state index contributed by atoms with van der Waals surface area (Å²) in [4.78, 5) is 19.3. The minimum Gasteiger partial charge on any atom is -0.320 e. The summed E-state index contributed by atoms with van der Waals surface area (Å²) in [6.45, 7) is 4.32. The lowest BCUT2D eigenvalue weighted by Crippen LogP contribution is -2.27. The number of pyridine rings is 1. The molecule has 1 aliphatic rings. The van der Waals surface area contributed by atoms with Gasteiger partial charge in [0.25, 0.3) is 5.56 Å². The van der Waals surface area contributed by atoms with E-state index in [-0.39, 0.29) is 11.0 Å². The molecule has 98 valence electrons. The summed E-state index contributed by atoms with van der Waals surface area (Å²) in [5.74, 6) is 0. The van der Waals surface area contributed by atoms with E-state index in [1.54, 1.807) is 6.07 Å². The quantitative estimate of drug-likeness (QED) is 0.841. The molecule has 2 heterocycles. The lowest BCUT2D eigenvalue weighted by Gasteiger charge is -2.32. The van der Waals surface area contributed by atoms with E-state index in [2.05, 4.69) is 23.8 Å². The summed E-state index contributed by atoms with van der Waals surface area (Å²) < 4.78 is 0. The normalized spacial score (nSPS) is 21.6. The van der Waals surface area contributed by atoms with Crippen LogP contribution in [0.4, 0.5) is 5.69 Å². The Morgan fingerprint density at radius 2 is 2.26 bits per heavy atom. The van der Waals surface area contributed by atoms with Crippen LogP contribution in [0.3, 0.4) is 0 Å². The van der Waals surface area contributed by atoms with Gasteiger partial charge >= 0.3 is 0 Å². The average Bonchev–Trinajstić information content (AvgIpc) is 2.40. The Morgan fingerprint density at radius 3 is 3.00 bits per heavy atom. The third-order valence-electron chi connectivity index (χ3n) is 4.10. The number of H-pyrrole nitrogens is 1. The van der Waals surface area contributed by atoms with E-state index in [9.17, 15) is 4.79 Å². The molecule has 1 atom stereocenters. The molecule has 19 heavy (non-hydrogen) atoms. The van der Waals surface area contributed by atoms with E-state index in [1.165, 1.54) is 0 Å². The number of halogens is 1. The van der Waals surface area contributed by atoms with Crippen LogP contribution in [-0.2, 0) is 5.41 Å². The van der Waals surface area contributed by atoms with Crippen LogP contribution >= 0.6 is 11.6 Å². The van der Waals surface area contributed by atoms with E-state index in [0.717, 1.165) is 29.3 Å². The highest BCUT2D eigenvalue weighted by atomic mass is 35.5.